The van der Waals surface area contributed by atoms with Crippen LogP contribution >= 0.6 is 15.9 Å². The van der Waals surface area contributed by atoms with Crippen LogP contribution < -0.4 is 0 Å². The van der Waals surface area contributed by atoms with Gasteiger partial charge in [0.15, 0.2) is 23.3 Å². The van der Waals surface area contributed by atoms with Crippen LogP contribution in [0.25, 0.3) is 0 Å². The summed E-state index contributed by atoms with van der Waals surface area (Å²) in [7, 11) is 0. The van der Waals surface area contributed by atoms with Crippen molar-refractivity contribution in [2.24, 2.45) is 0 Å². The van der Waals surface area contributed by atoms with Crippen molar-refractivity contribution in [1.82, 2.24) is 0 Å². The lowest BCUT2D eigenvalue weighted by molar-refractivity contribution is 0.189. The molecule has 1 rings (SSSR count). The number of alkyl halides is 1. The van der Waals surface area contributed by atoms with Crippen LogP contribution in [0, 0.1) is 29.1 Å². The van der Waals surface area contributed by atoms with Crippen molar-refractivity contribution in [2.75, 3.05) is 5.33 Å². The third-order valence-corrected chi connectivity index (χ3v) is 2.34. The summed E-state index contributed by atoms with van der Waals surface area (Å²) in [4.78, 5) is 0. The van der Waals surface area contributed by atoms with Crippen LogP contribution in [-0.4, -0.2) is 10.4 Å². The molecule has 0 saturated heterocycles. The minimum Gasteiger partial charge on any atom is -0.387 e. The van der Waals surface area contributed by atoms with E-state index in [1.807, 2.05) is 0 Å². The van der Waals surface area contributed by atoms with E-state index in [4.69, 9.17) is 5.11 Å². The molecule has 1 nitrogen and oxygen atoms in total. The molecule has 0 bridgehead atoms. The topological polar surface area (TPSA) is 20.2 Å². The highest BCUT2D eigenvalue weighted by molar-refractivity contribution is 9.09. The summed E-state index contributed by atoms with van der Waals surface area (Å²) < 4.78 is 63.6. The fourth-order valence-electron chi connectivity index (χ4n) is 0.992. The number of benzene rings is 1. The van der Waals surface area contributed by atoms with Gasteiger partial charge in [0.2, 0.25) is 5.82 Å². The van der Waals surface area contributed by atoms with Gasteiger partial charge < -0.3 is 5.11 Å². The van der Waals surface area contributed by atoms with E-state index in [-0.39, 0.29) is 5.33 Å². The summed E-state index contributed by atoms with van der Waals surface area (Å²) in [6.07, 6.45) is -1.80. The predicted octanol–water partition coefficient (Wildman–Crippen LogP) is 2.81. The molecule has 1 aromatic rings. The molecule has 0 saturated carbocycles. The molecule has 0 heterocycles. The van der Waals surface area contributed by atoms with Crippen molar-refractivity contribution < 1.29 is 27.1 Å². The Morgan fingerprint density at radius 1 is 0.867 bits per heavy atom. The van der Waals surface area contributed by atoms with Crippen LogP contribution in [0.4, 0.5) is 22.0 Å². The van der Waals surface area contributed by atoms with Gasteiger partial charge in [-0.1, -0.05) is 15.9 Å². The molecular weight excluding hydrogens is 287 g/mol. The Morgan fingerprint density at radius 3 is 1.53 bits per heavy atom. The van der Waals surface area contributed by atoms with Gasteiger partial charge in [-0.2, -0.15) is 0 Å². The van der Waals surface area contributed by atoms with Crippen molar-refractivity contribution in [3.05, 3.63) is 34.6 Å². The number of hydrogen-bond acceptors (Lipinski definition) is 1. The van der Waals surface area contributed by atoms with Gasteiger partial charge in [0.05, 0.1) is 11.7 Å². The second kappa shape index (κ2) is 4.44. The normalized spacial score (nSPS) is 13.0. The maximum absolute atomic E-state index is 12.9. The zero-order valence-corrected chi connectivity index (χ0v) is 8.59. The Balaban J connectivity index is 3.52. The lowest BCUT2D eigenvalue weighted by atomic mass is 10.1. The van der Waals surface area contributed by atoms with Gasteiger partial charge >= 0.3 is 0 Å². The lowest BCUT2D eigenvalue weighted by Crippen LogP contribution is -2.12. The number of aliphatic hydroxyl groups excluding tert-OH is 1. The minimum absolute atomic E-state index is 0.342. The quantitative estimate of drug-likeness (QED) is 0.384. The van der Waals surface area contributed by atoms with Crippen LogP contribution in [0.2, 0.25) is 0 Å². The molecule has 0 spiro atoms. The molecule has 1 aromatic carbocycles. The third-order valence-electron chi connectivity index (χ3n) is 1.72. The highest BCUT2D eigenvalue weighted by Gasteiger charge is 2.28. The number of hydrogen-bond donors (Lipinski definition) is 1. The molecule has 0 aromatic heterocycles. The molecule has 1 atom stereocenters. The largest absolute Gasteiger partial charge is 0.387 e. The Hall–Kier alpha value is -0.690. The summed E-state index contributed by atoms with van der Waals surface area (Å²) in [5.74, 6) is -10.4. The Bertz CT molecular complexity index is 366. The fraction of sp³-hybridized carbons (Fsp3) is 0.250. The zero-order chi connectivity index (χ0) is 11.7. The van der Waals surface area contributed by atoms with Gasteiger partial charge in [-0.25, -0.2) is 22.0 Å². The van der Waals surface area contributed by atoms with E-state index < -0.39 is 40.8 Å². The van der Waals surface area contributed by atoms with Crippen LogP contribution in [0.15, 0.2) is 0 Å². The van der Waals surface area contributed by atoms with Gasteiger partial charge in [-0.3, -0.25) is 0 Å². The third kappa shape index (κ3) is 1.98. The van der Waals surface area contributed by atoms with E-state index >= 15 is 0 Å². The molecule has 0 aliphatic heterocycles. The monoisotopic (exact) mass is 290 g/mol. The highest BCUT2D eigenvalue weighted by atomic mass is 79.9. The minimum atomic E-state index is -2.24. The Kier molecular flexibility index (Phi) is 3.67. The number of rotatable bonds is 2. The molecule has 0 unspecified atom stereocenters. The molecular formula is C8H4BrF5O. The molecule has 84 valence electrons. The summed E-state index contributed by atoms with van der Waals surface area (Å²) in [6.45, 7) is 0. The lowest BCUT2D eigenvalue weighted by Gasteiger charge is -2.11. The van der Waals surface area contributed by atoms with Crippen molar-refractivity contribution in [3.8, 4) is 0 Å². The summed E-state index contributed by atoms with van der Waals surface area (Å²) in [5.41, 5.74) is -1.23. The van der Waals surface area contributed by atoms with E-state index in [1.54, 1.807) is 0 Å². The molecule has 0 amide bonds. The van der Waals surface area contributed by atoms with Gasteiger partial charge in [0.1, 0.15) is 0 Å². The van der Waals surface area contributed by atoms with E-state index in [0.29, 0.717) is 0 Å². The maximum atomic E-state index is 12.9. The number of halogens is 6. The molecule has 0 aliphatic carbocycles. The molecule has 15 heavy (non-hydrogen) atoms. The van der Waals surface area contributed by atoms with Gasteiger partial charge in [0.25, 0.3) is 0 Å². The second-order valence-corrected chi connectivity index (χ2v) is 3.30. The standard InChI is InChI=1S/C8H4BrF5O/c9-1-2(15)3-4(10)6(12)8(14)7(13)5(3)11/h2,15H,1H2/t2-/m1/s1. The Labute approximate surface area is 89.7 Å². The fourth-order valence-corrected chi connectivity index (χ4v) is 1.32. The smallest absolute Gasteiger partial charge is 0.200 e. The first-order valence-electron chi connectivity index (χ1n) is 3.67. The van der Waals surface area contributed by atoms with E-state index in [9.17, 15) is 22.0 Å². The SMILES string of the molecule is O[C@H](CBr)c1c(F)c(F)c(F)c(F)c1F. The van der Waals surface area contributed by atoms with Crippen molar-refractivity contribution in [1.29, 1.82) is 0 Å². The Morgan fingerprint density at radius 2 is 1.20 bits per heavy atom. The van der Waals surface area contributed by atoms with Gasteiger partial charge in [-0.05, 0) is 0 Å². The highest BCUT2D eigenvalue weighted by Crippen LogP contribution is 2.28. The van der Waals surface area contributed by atoms with Crippen LogP contribution in [0.5, 0.6) is 0 Å². The first kappa shape index (κ1) is 12.4. The van der Waals surface area contributed by atoms with Crippen molar-refractivity contribution in [2.45, 2.75) is 6.10 Å². The summed E-state index contributed by atoms with van der Waals surface area (Å²) >= 11 is 2.67. The molecule has 0 aliphatic rings. The van der Waals surface area contributed by atoms with E-state index in [0.717, 1.165) is 0 Å². The predicted molar refractivity (Wildman–Crippen MR) is 45.0 cm³/mol. The van der Waals surface area contributed by atoms with Crippen LogP contribution in [-0.2, 0) is 0 Å². The van der Waals surface area contributed by atoms with E-state index in [2.05, 4.69) is 15.9 Å². The van der Waals surface area contributed by atoms with Crippen LogP contribution in [0.1, 0.15) is 11.7 Å². The van der Waals surface area contributed by atoms with Crippen molar-refractivity contribution in [3.63, 3.8) is 0 Å². The molecule has 7 heteroatoms. The average Bonchev–Trinajstić information content (AvgIpc) is 2.23. The molecule has 1 N–H and O–H groups in total. The number of aliphatic hydroxyl groups is 1. The van der Waals surface area contributed by atoms with E-state index in [1.165, 1.54) is 0 Å². The second-order valence-electron chi connectivity index (χ2n) is 2.65. The summed E-state index contributed by atoms with van der Waals surface area (Å²) in [6, 6.07) is 0. The van der Waals surface area contributed by atoms with Crippen LogP contribution in [0.3, 0.4) is 0 Å². The summed E-state index contributed by atoms with van der Waals surface area (Å²) in [5, 5.41) is 8.71. The van der Waals surface area contributed by atoms with Crippen molar-refractivity contribution >= 4 is 15.9 Å². The molecule has 0 fully saturated rings. The zero-order valence-electron chi connectivity index (χ0n) is 7.00. The maximum Gasteiger partial charge on any atom is 0.200 e. The average molecular weight is 291 g/mol. The molecule has 0 radical (unpaired) electrons. The van der Waals surface area contributed by atoms with Gasteiger partial charge in [-0.15, -0.1) is 0 Å². The first-order valence-corrected chi connectivity index (χ1v) is 4.79. The van der Waals surface area contributed by atoms with Gasteiger partial charge in [0, 0.05) is 5.33 Å². The first-order chi connectivity index (χ1) is 6.91.